The lowest BCUT2D eigenvalue weighted by Gasteiger charge is -2.08. The Bertz CT molecular complexity index is 342. The molecule has 0 bridgehead atoms. The molecule has 0 radical (unpaired) electrons. The molecule has 0 spiro atoms. The van der Waals surface area contributed by atoms with Crippen LogP contribution in [0.2, 0.25) is 5.02 Å². The topological polar surface area (TPSA) is 29.5 Å². The van der Waals surface area contributed by atoms with Crippen molar-refractivity contribution in [2.75, 3.05) is 7.11 Å². The highest BCUT2D eigenvalue weighted by atomic mass is 35.5. The normalized spacial score (nSPS) is 10.6. The second kappa shape index (κ2) is 4.68. The Hall–Kier alpha value is -0.710. The molecule has 14 heavy (non-hydrogen) atoms. The zero-order chi connectivity index (χ0) is 10.7. The highest BCUT2D eigenvalue weighted by Gasteiger charge is 2.16. The number of benzene rings is 1. The Morgan fingerprint density at radius 1 is 1.43 bits per heavy atom. The molecule has 0 aliphatic carbocycles. The SMILES string of the molecule is COCc1c(Cl)cc(CO)c(F)c1F. The Balaban J connectivity index is 3.26. The lowest BCUT2D eigenvalue weighted by atomic mass is 10.1. The number of aliphatic hydroxyl groups excluding tert-OH is 1. The Kier molecular flexibility index (Phi) is 3.80. The van der Waals surface area contributed by atoms with Crippen LogP contribution in [0.5, 0.6) is 0 Å². The van der Waals surface area contributed by atoms with Crippen molar-refractivity contribution in [3.05, 3.63) is 33.9 Å². The lowest BCUT2D eigenvalue weighted by molar-refractivity contribution is 0.180. The molecule has 0 heterocycles. The Labute approximate surface area is 85.1 Å². The van der Waals surface area contributed by atoms with E-state index in [-0.39, 0.29) is 22.8 Å². The maximum Gasteiger partial charge on any atom is 0.166 e. The first-order valence-electron chi connectivity index (χ1n) is 3.86. The molecule has 0 fully saturated rings. The summed E-state index contributed by atoms with van der Waals surface area (Å²) >= 11 is 5.67. The fourth-order valence-corrected chi connectivity index (χ4v) is 1.34. The van der Waals surface area contributed by atoms with Crippen LogP contribution in [-0.2, 0) is 18.0 Å². The molecule has 1 aromatic carbocycles. The van der Waals surface area contributed by atoms with Gasteiger partial charge in [-0.3, -0.25) is 0 Å². The molecule has 2 nitrogen and oxygen atoms in total. The van der Waals surface area contributed by atoms with Crippen LogP contribution in [0.15, 0.2) is 6.07 Å². The molecule has 0 amide bonds. The van der Waals surface area contributed by atoms with Crippen molar-refractivity contribution in [3.8, 4) is 0 Å². The van der Waals surface area contributed by atoms with Gasteiger partial charge in [-0.2, -0.15) is 0 Å². The van der Waals surface area contributed by atoms with Crippen molar-refractivity contribution in [1.82, 2.24) is 0 Å². The van der Waals surface area contributed by atoms with Crippen LogP contribution in [-0.4, -0.2) is 12.2 Å². The molecule has 0 atom stereocenters. The van der Waals surface area contributed by atoms with E-state index in [1.54, 1.807) is 0 Å². The van der Waals surface area contributed by atoms with Crippen molar-refractivity contribution >= 4 is 11.6 Å². The molecule has 0 aromatic heterocycles. The molecule has 5 heteroatoms. The minimum atomic E-state index is -1.08. The fourth-order valence-electron chi connectivity index (χ4n) is 1.07. The van der Waals surface area contributed by atoms with Crippen LogP contribution in [0, 0.1) is 11.6 Å². The zero-order valence-corrected chi connectivity index (χ0v) is 8.24. The summed E-state index contributed by atoms with van der Waals surface area (Å²) in [5, 5.41) is 8.74. The monoisotopic (exact) mass is 222 g/mol. The van der Waals surface area contributed by atoms with Gasteiger partial charge < -0.3 is 9.84 Å². The second-order valence-electron chi connectivity index (χ2n) is 2.72. The number of ether oxygens (including phenoxy) is 1. The first kappa shape index (κ1) is 11.4. The average molecular weight is 223 g/mol. The summed E-state index contributed by atoms with van der Waals surface area (Å²) in [5.74, 6) is -2.15. The summed E-state index contributed by atoms with van der Waals surface area (Å²) < 4.78 is 31.0. The van der Waals surface area contributed by atoms with Gasteiger partial charge in [-0.1, -0.05) is 11.6 Å². The molecule has 1 N–H and O–H groups in total. The van der Waals surface area contributed by atoms with Crippen LogP contribution in [0.4, 0.5) is 8.78 Å². The predicted octanol–water partition coefficient (Wildman–Crippen LogP) is 2.26. The largest absolute Gasteiger partial charge is 0.392 e. The smallest absolute Gasteiger partial charge is 0.166 e. The highest BCUT2D eigenvalue weighted by Crippen LogP contribution is 2.25. The molecule has 1 aromatic rings. The van der Waals surface area contributed by atoms with Crippen molar-refractivity contribution < 1.29 is 18.6 Å². The minimum Gasteiger partial charge on any atom is -0.392 e. The van der Waals surface area contributed by atoms with E-state index < -0.39 is 18.2 Å². The molecule has 1 rings (SSSR count). The minimum absolute atomic E-state index is 0.0381. The maximum atomic E-state index is 13.2. The predicted molar refractivity (Wildman–Crippen MR) is 48.0 cm³/mol. The fraction of sp³-hybridized carbons (Fsp3) is 0.333. The Morgan fingerprint density at radius 2 is 2.07 bits per heavy atom. The van der Waals surface area contributed by atoms with E-state index in [1.807, 2.05) is 0 Å². The van der Waals surface area contributed by atoms with Gasteiger partial charge in [0.15, 0.2) is 11.6 Å². The van der Waals surface area contributed by atoms with Crippen molar-refractivity contribution in [3.63, 3.8) is 0 Å². The quantitative estimate of drug-likeness (QED) is 0.795. The first-order valence-corrected chi connectivity index (χ1v) is 4.24. The standard InChI is InChI=1S/C9H9ClF2O2/c1-14-4-6-7(10)2-5(3-13)8(11)9(6)12/h2,13H,3-4H2,1H3. The summed E-state index contributed by atoms with van der Waals surface area (Å²) in [4.78, 5) is 0. The third-order valence-electron chi connectivity index (χ3n) is 1.79. The van der Waals surface area contributed by atoms with Gasteiger partial charge in [0.1, 0.15) is 0 Å². The average Bonchev–Trinajstić information content (AvgIpc) is 2.18. The zero-order valence-electron chi connectivity index (χ0n) is 7.48. The molecular weight excluding hydrogens is 214 g/mol. The van der Waals surface area contributed by atoms with E-state index in [4.69, 9.17) is 16.7 Å². The van der Waals surface area contributed by atoms with E-state index in [2.05, 4.69) is 4.74 Å². The molecular formula is C9H9ClF2O2. The molecule has 0 aliphatic rings. The van der Waals surface area contributed by atoms with Crippen LogP contribution >= 0.6 is 11.6 Å². The van der Waals surface area contributed by atoms with Gasteiger partial charge in [0.25, 0.3) is 0 Å². The van der Waals surface area contributed by atoms with Crippen LogP contribution < -0.4 is 0 Å². The highest BCUT2D eigenvalue weighted by molar-refractivity contribution is 6.31. The Morgan fingerprint density at radius 3 is 2.57 bits per heavy atom. The number of hydrogen-bond acceptors (Lipinski definition) is 2. The lowest BCUT2D eigenvalue weighted by Crippen LogP contribution is -2.02. The van der Waals surface area contributed by atoms with Crippen LogP contribution in [0.25, 0.3) is 0 Å². The summed E-state index contributed by atoms with van der Waals surface area (Å²) in [6.45, 7) is -0.691. The van der Waals surface area contributed by atoms with E-state index in [0.717, 1.165) is 0 Å². The summed E-state index contributed by atoms with van der Waals surface area (Å²) in [6.07, 6.45) is 0. The number of hydrogen-bond donors (Lipinski definition) is 1. The van der Waals surface area contributed by atoms with E-state index in [9.17, 15) is 8.78 Å². The van der Waals surface area contributed by atoms with Gasteiger partial charge in [-0.25, -0.2) is 8.78 Å². The summed E-state index contributed by atoms with van der Waals surface area (Å²) in [5.41, 5.74) is -0.198. The van der Waals surface area contributed by atoms with Gasteiger partial charge in [-0.05, 0) is 6.07 Å². The van der Waals surface area contributed by atoms with E-state index in [0.29, 0.717) is 0 Å². The molecule has 0 aliphatic heterocycles. The summed E-state index contributed by atoms with van der Waals surface area (Å²) in [7, 11) is 1.35. The van der Waals surface area contributed by atoms with Gasteiger partial charge >= 0.3 is 0 Å². The van der Waals surface area contributed by atoms with Gasteiger partial charge in [0.2, 0.25) is 0 Å². The van der Waals surface area contributed by atoms with Gasteiger partial charge in [0, 0.05) is 23.3 Å². The number of rotatable bonds is 3. The van der Waals surface area contributed by atoms with Crippen LogP contribution in [0.3, 0.4) is 0 Å². The third-order valence-corrected chi connectivity index (χ3v) is 2.13. The maximum absolute atomic E-state index is 13.2. The molecule has 0 saturated carbocycles. The number of aliphatic hydroxyl groups is 1. The molecule has 0 saturated heterocycles. The van der Waals surface area contributed by atoms with E-state index in [1.165, 1.54) is 13.2 Å². The van der Waals surface area contributed by atoms with Gasteiger partial charge in [-0.15, -0.1) is 0 Å². The van der Waals surface area contributed by atoms with E-state index >= 15 is 0 Å². The van der Waals surface area contributed by atoms with Crippen molar-refractivity contribution in [2.45, 2.75) is 13.2 Å². The number of halogens is 3. The molecule has 78 valence electrons. The second-order valence-corrected chi connectivity index (χ2v) is 3.12. The van der Waals surface area contributed by atoms with Crippen LogP contribution in [0.1, 0.15) is 11.1 Å². The summed E-state index contributed by atoms with van der Waals surface area (Å²) in [6, 6.07) is 1.19. The van der Waals surface area contributed by atoms with Crippen molar-refractivity contribution in [1.29, 1.82) is 0 Å². The molecule has 0 unspecified atom stereocenters. The number of methoxy groups -OCH3 is 1. The van der Waals surface area contributed by atoms with Crippen molar-refractivity contribution in [2.24, 2.45) is 0 Å². The third kappa shape index (κ3) is 2.03. The van der Waals surface area contributed by atoms with Gasteiger partial charge in [0.05, 0.1) is 13.2 Å². The first-order chi connectivity index (χ1) is 6.61.